The molecule has 0 aliphatic carbocycles. The minimum atomic E-state index is 0.260. The van der Waals surface area contributed by atoms with Crippen molar-refractivity contribution in [3.63, 3.8) is 0 Å². The molecule has 0 bridgehead atoms. The summed E-state index contributed by atoms with van der Waals surface area (Å²) in [6, 6.07) is 10.2. The highest BCUT2D eigenvalue weighted by molar-refractivity contribution is 6.17. The smallest absolute Gasteiger partial charge is 0.0726 e. The molecule has 1 aromatic heterocycles. The molecule has 1 heterocycles. The fourth-order valence-electron chi connectivity index (χ4n) is 2.14. The summed E-state index contributed by atoms with van der Waals surface area (Å²) in [5.41, 5.74) is 3.04. The Balaban J connectivity index is 2.27. The Morgan fingerprint density at radius 2 is 2.05 bits per heavy atom. The summed E-state index contributed by atoms with van der Waals surface area (Å²) in [5, 5.41) is 1.15. The van der Waals surface area contributed by atoms with Gasteiger partial charge in [0.2, 0.25) is 0 Å². The maximum Gasteiger partial charge on any atom is 0.0726 e. The van der Waals surface area contributed by atoms with E-state index in [0.717, 1.165) is 28.8 Å². The zero-order chi connectivity index (χ0) is 14.5. The summed E-state index contributed by atoms with van der Waals surface area (Å²) in [7, 11) is 2.07. The van der Waals surface area contributed by atoms with Crippen molar-refractivity contribution in [2.75, 3.05) is 25.1 Å². The first-order valence-corrected chi connectivity index (χ1v) is 7.42. The van der Waals surface area contributed by atoms with Crippen LogP contribution in [-0.2, 0) is 10.6 Å². The number of hydrogen-bond donors (Lipinski definition) is 0. The average molecular weight is 293 g/mol. The molecule has 108 valence electrons. The third-order valence-electron chi connectivity index (χ3n) is 3.17. The minimum Gasteiger partial charge on any atom is -0.377 e. The number of ether oxygens (including phenoxy) is 1. The number of likely N-dealkylation sites (N-methyl/N-ethyl adjacent to an activating group) is 1. The van der Waals surface area contributed by atoms with E-state index in [1.54, 1.807) is 0 Å². The van der Waals surface area contributed by atoms with Crippen molar-refractivity contribution in [3.05, 3.63) is 36.0 Å². The third-order valence-corrected chi connectivity index (χ3v) is 3.45. The molecule has 4 heteroatoms. The summed E-state index contributed by atoms with van der Waals surface area (Å²) < 4.78 is 5.62. The highest BCUT2D eigenvalue weighted by Gasteiger charge is 2.09. The molecular formula is C16H21ClN2O. The van der Waals surface area contributed by atoms with Crippen LogP contribution in [0.3, 0.4) is 0 Å². The summed E-state index contributed by atoms with van der Waals surface area (Å²) in [6.45, 7) is 5.65. The highest BCUT2D eigenvalue weighted by Crippen LogP contribution is 2.26. The van der Waals surface area contributed by atoms with E-state index in [4.69, 9.17) is 16.3 Å². The molecule has 0 saturated carbocycles. The van der Waals surface area contributed by atoms with Crippen molar-refractivity contribution in [1.29, 1.82) is 0 Å². The molecule has 3 nitrogen and oxygen atoms in total. The molecule has 0 N–H and O–H groups in total. The number of rotatable bonds is 6. The van der Waals surface area contributed by atoms with Crippen LogP contribution in [0.4, 0.5) is 5.69 Å². The first kappa shape index (κ1) is 15.1. The van der Waals surface area contributed by atoms with E-state index >= 15 is 0 Å². The van der Waals surface area contributed by atoms with E-state index < -0.39 is 0 Å². The van der Waals surface area contributed by atoms with Gasteiger partial charge in [-0.15, -0.1) is 11.6 Å². The van der Waals surface area contributed by atoms with Gasteiger partial charge < -0.3 is 9.64 Å². The van der Waals surface area contributed by atoms with Crippen molar-refractivity contribution in [1.82, 2.24) is 4.98 Å². The van der Waals surface area contributed by atoms with E-state index in [2.05, 4.69) is 29.1 Å². The van der Waals surface area contributed by atoms with Gasteiger partial charge in [-0.3, -0.25) is 4.98 Å². The number of benzene rings is 1. The van der Waals surface area contributed by atoms with Crippen LogP contribution in [0.2, 0.25) is 0 Å². The van der Waals surface area contributed by atoms with Gasteiger partial charge in [-0.1, -0.05) is 18.2 Å². The first-order chi connectivity index (χ1) is 9.61. The van der Waals surface area contributed by atoms with Gasteiger partial charge in [0.15, 0.2) is 0 Å². The fraction of sp³-hybridized carbons (Fsp3) is 0.438. The lowest BCUT2D eigenvalue weighted by molar-refractivity contribution is 0.0846. The van der Waals surface area contributed by atoms with Gasteiger partial charge in [0.25, 0.3) is 0 Å². The van der Waals surface area contributed by atoms with E-state index in [0.29, 0.717) is 12.5 Å². The van der Waals surface area contributed by atoms with Crippen LogP contribution in [0.5, 0.6) is 0 Å². The van der Waals surface area contributed by atoms with Crippen molar-refractivity contribution in [2.24, 2.45) is 0 Å². The number of aromatic nitrogens is 1. The van der Waals surface area contributed by atoms with Crippen LogP contribution in [0.1, 0.15) is 19.5 Å². The summed E-state index contributed by atoms with van der Waals surface area (Å²) in [4.78, 5) is 6.75. The zero-order valence-electron chi connectivity index (χ0n) is 12.3. The lowest BCUT2D eigenvalue weighted by Crippen LogP contribution is -2.24. The van der Waals surface area contributed by atoms with Crippen LogP contribution in [-0.4, -0.2) is 31.3 Å². The zero-order valence-corrected chi connectivity index (χ0v) is 13.0. The van der Waals surface area contributed by atoms with E-state index in [-0.39, 0.29) is 6.10 Å². The van der Waals surface area contributed by atoms with Crippen molar-refractivity contribution in [3.8, 4) is 0 Å². The predicted octanol–water partition coefficient (Wildman–Crippen LogP) is 3.83. The maximum atomic E-state index is 5.94. The maximum absolute atomic E-state index is 5.94. The molecule has 0 aliphatic rings. The van der Waals surface area contributed by atoms with Crippen LogP contribution in [0.15, 0.2) is 30.3 Å². The SMILES string of the molecule is CC(C)OCCN(C)c1cc(CCl)nc2ccccc12. The van der Waals surface area contributed by atoms with E-state index in [1.807, 2.05) is 32.0 Å². The lowest BCUT2D eigenvalue weighted by atomic mass is 10.1. The van der Waals surface area contributed by atoms with Crippen LogP contribution in [0.25, 0.3) is 10.9 Å². The van der Waals surface area contributed by atoms with Gasteiger partial charge in [-0.05, 0) is 26.0 Å². The van der Waals surface area contributed by atoms with E-state index in [1.165, 1.54) is 0 Å². The number of nitrogens with zero attached hydrogens (tertiary/aromatic N) is 2. The number of fused-ring (bicyclic) bond motifs is 1. The number of hydrogen-bond acceptors (Lipinski definition) is 3. The second-order valence-electron chi connectivity index (χ2n) is 5.12. The summed E-state index contributed by atoms with van der Waals surface area (Å²) in [5.74, 6) is 0.425. The molecule has 0 spiro atoms. The Kier molecular flexibility index (Phi) is 5.21. The number of anilines is 1. The Labute approximate surface area is 125 Å². The van der Waals surface area contributed by atoms with Crippen molar-refractivity contribution >= 4 is 28.2 Å². The molecule has 0 radical (unpaired) electrons. The monoisotopic (exact) mass is 292 g/mol. The summed E-state index contributed by atoms with van der Waals surface area (Å²) in [6.07, 6.45) is 0.260. The van der Waals surface area contributed by atoms with Crippen LogP contribution >= 0.6 is 11.6 Å². The quantitative estimate of drug-likeness (QED) is 0.757. The number of halogens is 1. The van der Waals surface area contributed by atoms with Crippen LogP contribution in [0, 0.1) is 0 Å². The molecule has 2 rings (SSSR count). The second kappa shape index (κ2) is 6.91. The molecule has 0 atom stereocenters. The molecule has 0 fully saturated rings. The largest absolute Gasteiger partial charge is 0.377 e. The van der Waals surface area contributed by atoms with Crippen molar-refractivity contribution < 1.29 is 4.74 Å². The fourth-order valence-corrected chi connectivity index (χ4v) is 2.28. The standard InChI is InChI=1S/C16H21ClN2O/c1-12(2)20-9-8-19(3)16-10-13(11-17)18-15-7-5-4-6-14(15)16/h4-7,10,12H,8-9,11H2,1-3H3. The van der Waals surface area contributed by atoms with E-state index in [9.17, 15) is 0 Å². The molecule has 20 heavy (non-hydrogen) atoms. The van der Waals surface area contributed by atoms with Gasteiger partial charge in [0.05, 0.1) is 29.8 Å². The average Bonchev–Trinajstić information content (AvgIpc) is 2.45. The Hall–Kier alpha value is -1.32. The molecule has 0 amide bonds. The number of pyridine rings is 1. The lowest BCUT2D eigenvalue weighted by Gasteiger charge is -2.22. The topological polar surface area (TPSA) is 25.4 Å². The van der Waals surface area contributed by atoms with Gasteiger partial charge in [-0.25, -0.2) is 0 Å². The summed E-state index contributed by atoms with van der Waals surface area (Å²) >= 11 is 5.94. The van der Waals surface area contributed by atoms with Gasteiger partial charge in [0.1, 0.15) is 0 Å². The molecule has 2 aromatic rings. The molecule has 1 aromatic carbocycles. The van der Waals surface area contributed by atoms with Crippen LogP contribution < -0.4 is 4.90 Å². The minimum absolute atomic E-state index is 0.260. The molecule has 0 aliphatic heterocycles. The van der Waals surface area contributed by atoms with Gasteiger partial charge in [-0.2, -0.15) is 0 Å². The molecule has 0 unspecified atom stereocenters. The van der Waals surface area contributed by atoms with Crippen molar-refractivity contribution in [2.45, 2.75) is 25.8 Å². The Bertz CT molecular complexity index is 571. The Morgan fingerprint density at radius 1 is 1.30 bits per heavy atom. The number of para-hydroxylation sites is 1. The van der Waals surface area contributed by atoms with Gasteiger partial charge in [0, 0.05) is 24.7 Å². The first-order valence-electron chi connectivity index (χ1n) is 6.89. The Morgan fingerprint density at radius 3 is 2.75 bits per heavy atom. The highest BCUT2D eigenvalue weighted by atomic mass is 35.5. The predicted molar refractivity (Wildman–Crippen MR) is 85.7 cm³/mol. The molecular weight excluding hydrogens is 272 g/mol. The molecule has 0 saturated heterocycles. The van der Waals surface area contributed by atoms with Gasteiger partial charge >= 0.3 is 0 Å². The third kappa shape index (κ3) is 3.62. The normalized spacial score (nSPS) is 11.2. The second-order valence-corrected chi connectivity index (χ2v) is 5.39. The number of alkyl halides is 1.